The maximum atomic E-state index is 14.0. The lowest BCUT2D eigenvalue weighted by molar-refractivity contribution is -0.174. The van der Waals surface area contributed by atoms with E-state index in [0.29, 0.717) is 6.61 Å². The number of halogens is 2. The van der Waals surface area contributed by atoms with Crippen molar-refractivity contribution in [2.45, 2.75) is 37.8 Å². The van der Waals surface area contributed by atoms with E-state index in [0.717, 1.165) is 0 Å². The molecule has 2 heterocycles. The fraction of sp³-hybridized carbons (Fsp3) is 0.909. The lowest BCUT2D eigenvalue weighted by atomic mass is 9.81. The third kappa shape index (κ3) is 2.57. The van der Waals surface area contributed by atoms with Crippen molar-refractivity contribution in [2.75, 3.05) is 19.8 Å². The smallest absolute Gasteiger partial charge is 0.306 e. The molecule has 2 fully saturated rings. The molecular formula is C11H17F2NO3. The zero-order valence-corrected chi connectivity index (χ0v) is 9.75. The maximum absolute atomic E-state index is 14.0. The summed E-state index contributed by atoms with van der Waals surface area (Å²) < 4.78 is 37.8. The first kappa shape index (κ1) is 12.7. The van der Waals surface area contributed by atoms with Crippen molar-refractivity contribution < 1.29 is 23.0 Å². The number of rotatable bonds is 3. The van der Waals surface area contributed by atoms with Crippen molar-refractivity contribution in [1.82, 2.24) is 5.32 Å². The summed E-state index contributed by atoms with van der Waals surface area (Å²) in [6.07, 6.45) is 0.0395. The summed E-state index contributed by atoms with van der Waals surface area (Å²) in [5.41, 5.74) is 0. The van der Waals surface area contributed by atoms with Crippen molar-refractivity contribution in [1.29, 1.82) is 0 Å². The van der Waals surface area contributed by atoms with Crippen LogP contribution in [0.15, 0.2) is 0 Å². The molecular weight excluding hydrogens is 232 g/mol. The predicted octanol–water partition coefficient (Wildman–Crippen LogP) is 0.952. The summed E-state index contributed by atoms with van der Waals surface area (Å²) >= 11 is 0. The topological polar surface area (TPSA) is 47.6 Å². The van der Waals surface area contributed by atoms with Gasteiger partial charge in [-0.05, 0) is 13.3 Å². The number of carbonyl (C=O) groups is 1. The SMILES string of the molecule is CCOC(=O)C[C@H]1CC2COCC(N2)C1(F)F. The second-order valence-corrected chi connectivity index (χ2v) is 4.57. The Morgan fingerprint density at radius 3 is 3.00 bits per heavy atom. The van der Waals surface area contributed by atoms with Gasteiger partial charge in [-0.1, -0.05) is 0 Å². The van der Waals surface area contributed by atoms with Crippen LogP contribution < -0.4 is 5.32 Å². The molecule has 2 bridgehead atoms. The molecule has 1 N–H and O–H groups in total. The van der Waals surface area contributed by atoms with Crippen LogP contribution in [0.3, 0.4) is 0 Å². The molecule has 2 saturated heterocycles. The van der Waals surface area contributed by atoms with Crippen LogP contribution in [0.5, 0.6) is 0 Å². The molecule has 0 aliphatic carbocycles. The molecule has 3 atom stereocenters. The summed E-state index contributed by atoms with van der Waals surface area (Å²) in [5, 5.41) is 2.85. The van der Waals surface area contributed by atoms with Crippen LogP contribution in [0, 0.1) is 5.92 Å². The molecule has 2 unspecified atom stereocenters. The van der Waals surface area contributed by atoms with Crippen molar-refractivity contribution in [3.63, 3.8) is 0 Å². The number of hydrogen-bond acceptors (Lipinski definition) is 4. The van der Waals surface area contributed by atoms with Crippen LogP contribution in [0.25, 0.3) is 0 Å². The molecule has 0 aromatic heterocycles. The van der Waals surface area contributed by atoms with Gasteiger partial charge in [0.1, 0.15) is 0 Å². The van der Waals surface area contributed by atoms with Crippen LogP contribution in [0.2, 0.25) is 0 Å². The number of carbonyl (C=O) groups excluding carboxylic acids is 1. The van der Waals surface area contributed by atoms with Gasteiger partial charge in [0.05, 0.1) is 32.3 Å². The number of hydrogen-bond donors (Lipinski definition) is 1. The summed E-state index contributed by atoms with van der Waals surface area (Å²) in [4.78, 5) is 11.3. The van der Waals surface area contributed by atoms with Gasteiger partial charge in [-0.3, -0.25) is 4.79 Å². The summed E-state index contributed by atoms with van der Waals surface area (Å²) in [6, 6.07) is -1.05. The Morgan fingerprint density at radius 1 is 1.53 bits per heavy atom. The Morgan fingerprint density at radius 2 is 2.29 bits per heavy atom. The molecule has 0 saturated carbocycles. The number of alkyl halides is 2. The van der Waals surface area contributed by atoms with E-state index in [2.05, 4.69) is 5.32 Å². The largest absolute Gasteiger partial charge is 0.466 e. The molecule has 2 aliphatic rings. The van der Waals surface area contributed by atoms with E-state index < -0.39 is 23.9 Å². The fourth-order valence-electron chi connectivity index (χ4n) is 2.49. The number of esters is 1. The average Bonchev–Trinajstić information content (AvgIpc) is 2.27. The summed E-state index contributed by atoms with van der Waals surface area (Å²) in [7, 11) is 0. The highest BCUT2D eigenvalue weighted by atomic mass is 19.3. The molecule has 4 nitrogen and oxygen atoms in total. The van der Waals surface area contributed by atoms with E-state index in [9.17, 15) is 13.6 Å². The van der Waals surface area contributed by atoms with E-state index in [-0.39, 0.29) is 32.1 Å². The number of fused-ring (bicyclic) bond motifs is 2. The molecule has 6 heteroatoms. The third-order valence-electron chi connectivity index (χ3n) is 3.34. The molecule has 0 spiro atoms. The Balaban J connectivity index is 2.02. The average molecular weight is 249 g/mol. The van der Waals surface area contributed by atoms with Gasteiger partial charge in [0.25, 0.3) is 5.92 Å². The molecule has 2 aliphatic heterocycles. The highest BCUT2D eigenvalue weighted by molar-refractivity contribution is 5.69. The first-order chi connectivity index (χ1) is 8.04. The second-order valence-electron chi connectivity index (χ2n) is 4.57. The highest BCUT2D eigenvalue weighted by Gasteiger charge is 2.54. The molecule has 0 amide bonds. The van der Waals surface area contributed by atoms with E-state index in [1.807, 2.05) is 0 Å². The normalized spacial score (nSPS) is 35.4. The minimum atomic E-state index is -2.91. The van der Waals surface area contributed by atoms with Crippen LogP contribution in [0.1, 0.15) is 19.8 Å². The minimum absolute atomic E-state index is 0.00280. The number of piperidine rings is 1. The molecule has 2 rings (SSSR count). The number of morpholine rings is 1. The molecule has 0 aromatic rings. The summed E-state index contributed by atoms with van der Waals surface area (Å²) in [6.45, 7) is 2.33. The standard InChI is InChI=1S/C11H17F2NO3/c1-2-17-10(15)4-7-3-8-5-16-6-9(14-8)11(7,12)13/h7-9,14H,2-6H2,1H3/t7-,8?,9?/m1/s1. The van der Waals surface area contributed by atoms with Gasteiger partial charge in [-0.2, -0.15) is 0 Å². The second kappa shape index (κ2) is 4.86. The van der Waals surface area contributed by atoms with Crippen molar-refractivity contribution in [3.8, 4) is 0 Å². The maximum Gasteiger partial charge on any atom is 0.306 e. The molecule has 0 radical (unpaired) electrons. The van der Waals surface area contributed by atoms with Gasteiger partial charge in [0.2, 0.25) is 0 Å². The van der Waals surface area contributed by atoms with Gasteiger partial charge in [0, 0.05) is 12.0 Å². The lowest BCUT2D eigenvalue weighted by Crippen LogP contribution is -2.64. The van der Waals surface area contributed by atoms with Gasteiger partial charge in [-0.15, -0.1) is 0 Å². The van der Waals surface area contributed by atoms with E-state index in [4.69, 9.17) is 9.47 Å². The highest BCUT2D eigenvalue weighted by Crippen LogP contribution is 2.39. The number of ether oxygens (including phenoxy) is 2. The zero-order chi connectivity index (χ0) is 12.5. The van der Waals surface area contributed by atoms with E-state index in [1.54, 1.807) is 6.92 Å². The Bertz CT molecular complexity index is 298. The van der Waals surface area contributed by atoms with Crippen molar-refractivity contribution in [2.24, 2.45) is 5.92 Å². The fourth-order valence-corrected chi connectivity index (χ4v) is 2.49. The monoisotopic (exact) mass is 249 g/mol. The summed E-state index contributed by atoms with van der Waals surface area (Å²) in [5.74, 6) is -4.40. The van der Waals surface area contributed by atoms with Gasteiger partial charge >= 0.3 is 5.97 Å². The van der Waals surface area contributed by atoms with Crippen molar-refractivity contribution >= 4 is 5.97 Å². The molecule has 0 aromatic carbocycles. The predicted molar refractivity (Wildman–Crippen MR) is 55.8 cm³/mol. The Hall–Kier alpha value is -0.750. The van der Waals surface area contributed by atoms with Gasteiger partial charge in [-0.25, -0.2) is 8.78 Å². The Kier molecular flexibility index (Phi) is 3.63. The first-order valence-corrected chi connectivity index (χ1v) is 5.91. The van der Waals surface area contributed by atoms with Crippen LogP contribution >= 0.6 is 0 Å². The number of nitrogens with one attached hydrogen (secondary N) is 1. The Labute approximate surface area is 98.6 Å². The van der Waals surface area contributed by atoms with Crippen LogP contribution in [0.4, 0.5) is 8.78 Å². The van der Waals surface area contributed by atoms with E-state index >= 15 is 0 Å². The van der Waals surface area contributed by atoms with Crippen LogP contribution in [-0.2, 0) is 14.3 Å². The molecule has 98 valence electrons. The third-order valence-corrected chi connectivity index (χ3v) is 3.34. The van der Waals surface area contributed by atoms with Gasteiger partial charge < -0.3 is 14.8 Å². The quantitative estimate of drug-likeness (QED) is 0.757. The van der Waals surface area contributed by atoms with Gasteiger partial charge in [0.15, 0.2) is 0 Å². The lowest BCUT2D eigenvalue weighted by Gasteiger charge is -2.45. The minimum Gasteiger partial charge on any atom is -0.466 e. The molecule has 17 heavy (non-hydrogen) atoms. The van der Waals surface area contributed by atoms with Crippen molar-refractivity contribution in [3.05, 3.63) is 0 Å². The van der Waals surface area contributed by atoms with Crippen LogP contribution in [-0.4, -0.2) is 43.8 Å². The zero-order valence-electron chi connectivity index (χ0n) is 9.75. The van der Waals surface area contributed by atoms with E-state index in [1.165, 1.54) is 0 Å². The first-order valence-electron chi connectivity index (χ1n) is 5.91.